The monoisotopic (exact) mass is 253 g/mol. The molecule has 0 aromatic heterocycles. The van der Waals surface area contributed by atoms with E-state index in [1.54, 1.807) is 0 Å². The van der Waals surface area contributed by atoms with Crippen LogP contribution in [0.2, 0.25) is 0 Å². The Balaban J connectivity index is 0.00000112. The first kappa shape index (κ1) is 13.3. The Kier molecular flexibility index (Phi) is 4.07. The average Bonchev–Trinajstić information content (AvgIpc) is 2.84. The molecule has 15 heavy (non-hydrogen) atoms. The summed E-state index contributed by atoms with van der Waals surface area (Å²) in [6, 6.07) is 0. The Hall–Kier alpha value is 0.200. The summed E-state index contributed by atoms with van der Waals surface area (Å²) < 4.78 is 23.9. The minimum atomic E-state index is -2.90. The third kappa shape index (κ3) is 3.33. The SMILES string of the molecule is Cl.NC1(CS(=O)(=O)C2CCCCC2)CC1. The van der Waals surface area contributed by atoms with Gasteiger partial charge in [-0.2, -0.15) is 0 Å². The van der Waals surface area contributed by atoms with Gasteiger partial charge in [0.15, 0.2) is 9.84 Å². The van der Waals surface area contributed by atoms with Crippen molar-refractivity contribution in [3.05, 3.63) is 0 Å². The van der Waals surface area contributed by atoms with Crippen molar-refractivity contribution in [2.75, 3.05) is 5.75 Å². The first-order chi connectivity index (χ1) is 6.52. The summed E-state index contributed by atoms with van der Waals surface area (Å²) in [5, 5.41) is -0.0859. The van der Waals surface area contributed by atoms with Crippen LogP contribution in [0.3, 0.4) is 0 Å². The van der Waals surface area contributed by atoms with Gasteiger partial charge in [-0.15, -0.1) is 12.4 Å². The summed E-state index contributed by atoms with van der Waals surface area (Å²) in [5.41, 5.74) is 5.51. The first-order valence-corrected chi connectivity index (χ1v) is 7.24. The minimum Gasteiger partial charge on any atom is -0.324 e. The molecular weight excluding hydrogens is 234 g/mol. The smallest absolute Gasteiger partial charge is 0.154 e. The summed E-state index contributed by atoms with van der Waals surface area (Å²) in [6.45, 7) is 0. The van der Waals surface area contributed by atoms with E-state index in [1.165, 1.54) is 6.42 Å². The molecule has 0 atom stereocenters. The second kappa shape index (κ2) is 4.60. The number of nitrogens with two attached hydrogens (primary N) is 1. The van der Waals surface area contributed by atoms with Crippen LogP contribution in [0.25, 0.3) is 0 Å². The summed E-state index contributed by atoms with van der Waals surface area (Å²) in [6.07, 6.45) is 6.83. The van der Waals surface area contributed by atoms with E-state index in [9.17, 15) is 8.42 Å². The summed E-state index contributed by atoms with van der Waals surface area (Å²) in [7, 11) is -2.90. The van der Waals surface area contributed by atoms with Crippen LogP contribution < -0.4 is 5.73 Å². The van der Waals surface area contributed by atoms with Crippen LogP contribution in [0, 0.1) is 0 Å². The Labute approximate surface area is 98.1 Å². The molecular formula is C10H20ClNO2S. The first-order valence-electron chi connectivity index (χ1n) is 5.52. The molecule has 2 aliphatic rings. The van der Waals surface area contributed by atoms with Crippen molar-refractivity contribution in [2.45, 2.75) is 55.7 Å². The van der Waals surface area contributed by atoms with Gasteiger partial charge < -0.3 is 5.73 Å². The van der Waals surface area contributed by atoms with Gasteiger partial charge in [-0.05, 0) is 25.7 Å². The fourth-order valence-electron chi connectivity index (χ4n) is 2.25. The number of hydrogen-bond acceptors (Lipinski definition) is 3. The molecule has 0 saturated heterocycles. The van der Waals surface area contributed by atoms with Gasteiger partial charge in [0.25, 0.3) is 0 Å². The van der Waals surface area contributed by atoms with Crippen molar-refractivity contribution >= 4 is 22.2 Å². The van der Waals surface area contributed by atoms with E-state index < -0.39 is 9.84 Å². The maximum Gasteiger partial charge on any atom is 0.154 e. The van der Waals surface area contributed by atoms with Crippen molar-refractivity contribution < 1.29 is 8.42 Å². The second-order valence-electron chi connectivity index (χ2n) is 4.93. The van der Waals surface area contributed by atoms with Gasteiger partial charge in [0.05, 0.1) is 11.0 Å². The Morgan fingerprint density at radius 3 is 2.13 bits per heavy atom. The van der Waals surface area contributed by atoms with Crippen molar-refractivity contribution in [1.82, 2.24) is 0 Å². The van der Waals surface area contributed by atoms with Gasteiger partial charge in [0.1, 0.15) is 0 Å². The highest BCUT2D eigenvalue weighted by Gasteiger charge is 2.44. The van der Waals surface area contributed by atoms with Crippen LogP contribution in [0.1, 0.15) is 44.9 Å². The van der Waals surface area contributed by atoms with Gasteiger partial charge in [-0.25, -0.2) is 8.42 Å². The van der Waals surface area contributed by atoms with E-state index in [0.717, 1.165) is 38.5 Å². The van der Waals surface area contributed by atoms with E-state index in [-0.39, 0.29) is 28.9 Å². The van der Waals surface area contributed by atoms with Crippen LogP contribution in [0.4, 0.5) is 0 Å². The third-order valence-electron chi connectivity index (χ3n) is 3.44. The molecule has 2 N–H and O–H groups in total. The maximum absolute atomic E-state index is 12.0. The molecule has 2 fully saturated rings. The molecule has 5 heteroatoms. The van der Waals surface area contributed by atoms with Crippen LogP contribution in [-0.2, 0) is 9.84 Å². The number of rotatable bonds is 3. The highest BCUT2D eigenvalue weighted by molar-refractivity contribution is 7.92. The van der Waals surface area contributed by atoms with E-state index >= 15 is 0 Å². The average molecular weight is 254 g/mol. The molecule has 0 bridgehead atoms. The van der Waals surface area contributed by atoms with Gasteiger partial charge in [0.2, 0.25) is 0 Å². The van der Waals surface area contributed by atoms with Crippen LogP contribution in [-0.4, -0.2) is 25.0 Å². The lowest BCUT2D eigenvalue weighted by molar-refractivity contribution is 0.480. The number of sulfone groups is 1. The van der Waals surface area contributed by atoms with Gasteiger partial charge in [-0.3, -0.25) is 0 Å². The largest absolute Gasteiger partial charge is 0.324 e. The lowest BCUT2D eigenvalue weighted by atomic mass is 10.0. The Morgan fingerprint density at radius 1 is 1.13 bits per heavy atom. The molecule has 3 nitrogen and oxygen atoms in total. The zero-order chi connectivity index (χ0) is 10.2. The van der Waals surface area contributed by atoms with Crippen molar-refractivity contribution in [3.63, 3.8) is 0 Å². The summed E-state index contributed by atoms with van der Waals surface area (Å²) >= 11 is 0. The van der Waals surface area contributed by atoms with Gasteiger partial charge in [-0.1, -0.05) is 19.3 Å². The molecule has 2 rings (SSSR count). The van der Waals surface area contributed by atoms with E-state index in [4.69, 9.17) is 5.73 Å². The molecule has 2 saturated carbocycles. The van der Waals surface area contributed by atoms with E-state index in [1.807, 2.05) is 0 Å². The molecule has 0 aromatic rings. The zero-order valence-electron chi connectivity index (χ0n) is 8.94. The van der Waals surface area contributed by atoms with Crippen LogP contribution in [0.5, 0.6) is 0 Å². The van der Waals surface area contributed by atoms with E-state index in [0.29, 0.717) is 0 Å². The molecule has 2 aliphatic carbocycles. The molecule has 0 amide bonds. The third-order valence-corrected chi connectivity index (χ3v) is 5.91. The predicted molar refractivity (Wildman–Crippen MR) is 64.1 cm³/mol. The quantitative estimate of drug-likeness (QED) is 0.832. The lowest BCUT2D eigenvalue weighted by Crippen LogP contribution is -2.37. The highest BCUT2D eigenvalue weighted by Crippen LogP contribution is 2.36. The molecule has 0 heterocycles. The maximum atomic E-state index is 12.0. The van der Waals surface area contributed by atoms with Gasteiger partial charge in [0, 0.05) is 5.54 Å². The highest BCUT2D eigenvalue weighted by atomic mass is 35.5. The number of hydrogen-bond donors (Lipinski definition) is 1. The molecule has 0 spiro atoms. The van der Waals surface area contributed by atoms with Crippen LogP contribution >= 0.6 is 12.4 Å². The number of halogens is 1. The van der Waals surface area contributed by atoms with Crippen molar-refractivity contribution in [3.8, 4) is 0 Å². The van der Waals surface area contributed by atoms with E-state index in [2.05, 4.69) is 0 Å². The van der Waals surface area contributed by atoms with Crippen molar-refractivity contribution in [2.24, 2.45) is 5.73 Å². The normalized spacial score (nSPS) is 25.7. The van der Waals surface area contributed by atoms with Gasteiger partial charge >= 0.3 is 0 Å². The lowest BCUT2D eigenvalue weighted by Gasteiger charge is -2.23. The van der Waals surface area contributed by atoms with Crippen LogP contribution in [0.15, 0.2) is 0 Å². The molecule has 0 unspecified atom stereocenters. The molecule has 0 aliphatic heterocycles. The second-order valence-corrected chi connectivity index (χ2v) is 7.21. The fraction of sp³-hybridized carbons (Fsp3) is 1.00. The molecule has 90 valence electrons. The minimum absolute atomic E-state index is 0. The standard InChI is InChI=1S/C10H19NO2S.ClH/c11-10(6-7-10)8-14(12,13)9-4-2-1-3-5-9;/h9H,1-8,11H2;1H. The zero-order valence-corrected chi connectivity index (χ0v) is 10.6. The summed E-state index contributed by atoms with van der Waals surface area (Å²) in [4.78, 5) is 0. The predicted octanol–water partition coefficient (Wildman–Crippen LogP) is 1.65. The Bertz CT molecular complexity index is 305. The topological polar surface area (TPSA) is 60.2 Å². The molecule has 0 aromatic carbocycles. The van der Waals surface area contributed by atoms with Crippen molar-refractivity contribution in [1.29, 1.82) is 0 Å². The summed E-state index contributed by atoms with van der Waals surface area (Å²) in [5.74, 6) is 0.227. The molecule has 0 radical (unpaired) electrons. The fourth-order valence-corrected chi connectivity index (χ4v) is 4.62. The Morgan fingerprint density at radius 2 is 1.67 bits per heavy atom.